The standard InChI is InChI=1S/C20H40N6O.HI/c1-17(15-26-12-10-25(5)11-13-26)14-22-19(21-2)23-16-20(8-6-7-9-20)18(27)24(3)4;/h17H,6-16H2,1-5H3,(H2,21,22,23);1H. The van der Waals surface area contributed by atoms with Crippen LogP contribution in [0.1, 0.15) is 32.6 Å². The van der Waals surface area contributed by atoms with E-state index >= 15 is 0 Å². The van der Waals surface area contributed by atoms with Gasteiger partial charge in [0, 0.05) is 67.0 Å². The van der Waals surface area contributed by atoms with Crippen LogP contribution in [0.3, 0.4) is 0 Å². The number of hydrogen-bond acceptors (Lipinski definition) is 4. The summed E-state index contributed by atoms with van der Waals surface area (Å²) in [7, 11) is 7.71. The van der Waals surface area contributed by atoms with Crippen molar-refractivity contribution in [3.05, 3.63) is 0 Å². The van der Waals surface area contributed by atoms with Gasteiger partial charge < -0.3 is 25.3 Å². The summed E-state index contributed by atoms with van der Waals surface area (Å²) >= 11 is 0. The predicted molar refractivity (Wildman–Crippen MR) is 127 cm³/mol. The molecular weight excluding hydrogens is 467 g/mol. The van der Waals surface area contributed by atoms with Crippen LogP contribution >= 0.6 is 24.0 Å². The van der Waals surface area contributed by atoms with Gasteiger partial charge in [-0.2, -0.15) is 0 Å². The number of guanidine groups is 1. The average Bonchev–Trinajstić information content (AvgIpc) is 3.13. The highest BCUT2D eigenvalue weighted by Gasteiger charge is 2.42. The average molecular weight is 508 g/mol. The number of aliphatic imine (C=N–C) groups is 1. The Bertz CT molecular complexity index is 499. The van der Waals surface area contributed by atoms with Gasteiger partial charge in [0.25, 0.3) is 0 Å². The summed E-state index contributed by atoms with van der Waals surface area (Å²) in [6.45, 7) is 9.58. The first kappa shape index (κ1) is 25.4. The molecule has 0 aromatic carbocycles. The number of rotatable bonds is 7. The van der Waals surface area contributed by atoms with E-state index in [0.717, 1.165) is 70.9 Å². The molecule has 1 heterocycles. The maximum absolute atomic E-state index is 12.7. The highest BCUT2D eigenvalue weighted by molar-refractivity contribution is 14.0. The van der Waals surface area contributed by atoms with Crippen LogP contribution in [0.5, 0.6) is 0 Å². The summed E-state index contributed by atoms with van der Waals surface area (Å²) < 4.78 is 0. The Morgan fingerprint density at radius 1 is 1.14 bits per heavy atom. The van der Waals surface area contributed by atoms with Gasteiger partial charge in [-0.15, -0.1) is 24.0 Å². The second kappa shape index (κ2) is 12.2. The van der Waals surface area contributed by atoms with Gasteiger partial charge in [0.1, 0.15) is 0 Å². The number of likely N-dealkylation sites (N-methyl/N-ethyl adjacent to an activating group) is 1. The monoisotopic (exact) mass is 508 g/mol. The van der Waals surface area contributed by atoms with E-state index < -0.39 is 0 Å². The lowest BCUT2D eigenvalue weighted by molar-refractivity contribution is -0.138. The SMILES string of the molecule is CN=C(NCC(C)CN1CCN(C)CC1)NCC1(C(=O)N(C)C)CCCC1.I. The van der Waals surface area contributed by atoms with Crippen molar-refractivity contribution in [1.29, 1.82) is 0 Å². The molecule has 2 aliphatic rings. The van der Waals surface area contributed by atoms with Gasteiger partial charge in [0.15, 0.2) is 5.96 Å². The topological polar surface area (TPSA) is 63.2 Å². The second-order valence-corrected chi connectivity index (χ2v) is 8.70. The largest absolute Gasteiger partial charge is 0.356 e. The highest BCUT2D eigenvalue weighted by atomic mass is 127. The van der Waals surface area contributed by atoms with Crippen LogP contribution in [0, 0.1) is 11.3 Å². The summed E-state index contributed by atoms with van der Waals surface area (Å²) in [5, 5.41) is 6.88. The van der Waals surface area contributed by atoms with Crippen molar-refractivity contribution in [2.24, 2.45) is 16.3 Å². The van der Waals surface area contributed by atoms with E-state index in [1.807, 2.05) is 14.1 Å². The lowest BCUT2D eigenvalue weighted by Gasteiger charge is -2.34. The molecule has 0 radical (unpaired) electrons. The molecule has 1 aliphatic carbocycles. The third-order valence-corrected chi connectivity index (χ3v) is 6.02. The molecule has 7 nitrogen and oxygen atoms in total. The molecule has 8 heteroatoms. The number of carbonyl (C=O) groups excluding carboxylic acids is 1. The van der Waals surface area contributed by atoms with Crippen molar-refractivity contribution in [2.45, 2.75) is 32.6 Å². The summed E-state index contributed by atoms with van der Waals surface area (Å²) in [5.41, 5.74) is -0.271. The maximum Gasteiger partial charge on any atom is 0.230 e. The summed E-state index contributed by atoms with van der Waals surface area (Å²) in [4.78, 5) is 23.7. The Labute approximate surface area is 188 Å². The minimum Gasteiger partial charge on any atom is -0.356 e. The molecule has 2 fully saturated rings. The lowest BCUT2D eigenvalue weighted by atomic mass is 9.84. The van der Waals surface area contributed by atoms with Crippen LogP contribution in [0.25, 0.3) is 0 Å². The fraction of sp³-hybridized carbons (Fsp3) is 0.900. The number of carbonyl (C=O) groups is 1. The van der Waals surface area contributed by atoms with Crippen LogP contribution in [-0.2, 0) is 4.79 Å². The summed E-state index contributed by atoms with van der Waals surface area (Å²) in [6.07, 6.45) is 4.20. The minimum absolute atomic E-state index is 0. The maximum atomic E-state index is 12.7. The van der Waals surface area contributed by atoms with Gasteiger partial charge in [-0.1, -0.05) is 19.8 Å². The highest BCUT2D eigenvalue weighted by Crippen LogP contribution is 2.38. The Morgan fingerprint density at radius 3 is 2.29 bits per heavy atom. The smallest absolute Gasteiger partial charge is 0.230 e. The Balaban J connectivity index is 0.00000392. The summed E-state index contributed by atoms with van der Waals surface area (Å²) in [5.74, 6) is 1.60. The quantitative estimate of drug-likeness (QED) is 0.309. The first-order valence-corrected chi connectivity index (χ1v) is 10.4. The van der Waals surface area contributed by atoms with Crippen LogP contribution < -0.4 is 10.6 Å². The number of piperazine rings is 1. The van der Waals surface area contributed by atoms with Gasteiger partial charge in [-0.25, -0.2) is 0 Å². The van der Waals surface area contributed by atoms with E-state index in [1.54, 1.807) is 11.9 Å². The Morgan fingerprint density at radius 2 is 1.75 bits per heavy atom. The van der Waals surface area contributed by atoms with Gasteiger partial charge in [-0.05, 0) is 25.8 Å². The Kier molecular flexibility index (Phi) is 11.1. The molecule has 1 unspecified atom stereocenters. The van der Waals surface area contributed by atoms with Crippen LogP contribution in [0.15, 0.2) is 4.99 Å². The first-order valence-electron chi connectivity index (χ1n) is 10.4. The predicted octanol–water partition coefficient (Wildman–Crippen LogP) is 1.30. The number of nitrogens with one attached hydrogen (secondary N) is 2. The molecule has 2 N–H and O–H groups in total. The zero-order valence-electron chi connectivity index (χ0n) is 18.5. The van der Waals surface area contributed by atoms with Crippen LogP contribution in [0.4, 0.5) is 0 Å². The molecule has 0 bridgehead atoms. The number of amides is 1. The molecule has 1 aliphatic heterocycles. The zero-order valence-corrected chi connectivity index (χ0v) is 20.8. The number of hydrogen-bond donors (Lipinski definition) is 2. The first-order chi connectivity index (χ1) is 12.9. The Hall–Kier alpha value is -0.610. The van der Waals surface area contributed by atoms with Crippen LogP contribution in [0.2, 0.25) is 0 Å². The molecule has 1 atom stereocenters. The number of nitrogens with zero attached hydrogens (tertiary/aromatic N) is 4. The van der Waals surface area contributed by atoms with Crippen LogP contribution in [-0.4, -0.2) is 101 Å². The number of halogens is 1. The molecular formula is C20H41IN6O. The molecule has 0 spiro atoms. The van der Waals surface area contributed by atoms with Crippen molar-refractivity contribution in [2.75, 3.05) is 74.0 Å². The molecule has 1 saturated carbocycles. The fourth-order valence-corrected chi connectivity index (χ4v) is 4.27. The van der Waals surface area contributed by atoms with Gasteiger partial charge >= 0.3 is 0 Å². The molecule has 0 aromatic heterocycles. The van der Waals surface area contributed by atoms with E-state index in [-0.39, 0.29) is 35.3 Å². The van der Waals surface area contributed by atoms with E-state index in [1.165, 1.54) is 0 Å². The van der Waals surface area contributed by atoms with Crippen molar-refractivity contribution >= 4 is 35.8 Å². The molecule has 1 amide bonds. The zero-order chi connectivity index (χ0) is 19.9. The molecule has 164 valence electrons. The molecule has 28 heavy (non-hydrogen) atoms. The van der Waals surface area contributed by atoms with Gasteiger partial charge in [0.2, 0.25) is 5.91 Å². The van der Waals surface area contributed by atoms with E-state index in [2.05, 4.69) is 39.4 Å². The van der Waals surface area contributed by atoms with E-state index in [0.29, 0.717) is 12.5 Å². The van der Waals surface area contributed by atoms with Gasteiger partial charge in [0.05, 0.1) is 5.41 Å². The van der Waals surface area contributed by atoms with E-state index in [4.69, 9.17) is 0 Å². The lowest BCUT2D eigenvalue weighted by Crippen LogP contribution is -2.50. The van der Waals surface area contributed by atoms with Crippen molar-refractivity contribution in [3.63, 3.8) is 0 Å². The third kappa shape index (κ3) is 7.33. The summed E-state index contributed by atoms with van der Waals surface area (Å²) in [6, 6.07) is 0. The molecule has 2 rings (SSSR count). The van der Waals surface area contributed by atoms with E-state index in [9.17, 15) is 4.79 Å². The van der Waals surface area contributed by atoms with Crippen molar-refractivity contribution < 1.29 is 4.79 Å². The molecule has 1 saturated heterocycles. The normalized spacial score (nSPS) is 21.7. The third-order valence-electron chi connectivity index (χ3n) is 6.02. The van der Waals surface area contributed by atoms with Crippen molar-refractivity contribution in [1.82, 2.24) is 25.3 Å². The minimum atomic E-state index is -0.271. The molecule has 0 aromatic rings. The fourth-order valence-electron chi connectivity index (χ4n) is 4.27. The second-order valence-electron chi connectivity index (χ2n) is 8.70. The van der Waals surface area contributed by atoms with Crippen molar-refractivity contribution in [3.8, 4) is 0 Å². The van der Waals surface area contributed by atoms with Gasteiger partial charge in [-0.3, -0.25) is 9.79 Å².